The lowest BCUT2D eigenvalue weighted by Gasteiger charge is -2.23. The highest BCUT2D eigenvalue weighted by Crippen LogP contribution is 2.15. The van der Waals surface area contributed by atoms with Crippen LogP contribution >= 0.6 is 15.9 Å². The molecule has 0 aromatic heterocycles. The van der Waals surface area contributed by atoms with Gasteiger partial charge in [0.25, 0.3) is 0 Å². The summed E-state index contributed by atoms with van der Waals surface area (Å²) in [5.74, 6) is -0.318. The molecule has 0 fully saturated rings. The van der Waals surface area contributed by atoms with Gasteiger partial charge in [-0.25, -0.2) is 0 Å². The van der Waals surface area contributed by atoms with Crippen LogP contribution in [0.25, 0.3) is 0 Å². The Labute approximate surface area is 134 Å². The van der Waals surface area contributed by atoms with Crippen LogP contribution < -0.4 is 16.0 Å². The number of rotatable bonds is 5. The second kappa shape index (κ2) is 7.56. The van der Waals surface area contributed by atoms with Gasteiger partial charge < -0.3 is 10.6 Å². The van der Waals surface area contributed by atoms with E-state index >= 15 is 0 Å². The number of hydrogen-bond acceptors (Lipinski definition) is 3. The molecule has 0 radical (unpaired) electrons. The Balaban J connectivity index is 2.41. The maximum atomic E-state index is 11.9. The van der Waals surface area contributed by atoms with E-state index in [2.05, 4.69) is 31.9 Å². The van der Waals surface area contributed by atoms with E-state index in [1.54, 1.807) is 13.0 Å². The van der Waals surface area contributed by atoms with E-state index in [1.807, 2.05) is 39.0 Å². The lowest BCUT2D eigenvalue weighted by Crippen LogP contribution is -2.50. The van der Waals surface area contributed by atoms with E-state index in [4.69, 9.17) is 0 Å². The van der Waals surface area contributed by atoms with E-state index in [0.717, 1.165) is 4.47 Å². The molecule has 0 bridgehead atoms. The monoisotopic (exact) mass is 355 g/mol. The highest BCUT2D eigenvalue weighted by molar-refractivity contribution is 9.10. The Morgan fingerprint density at radius 1 is 1.29 bits per heavy atom. The summed E-state index contributed by atoms with van der Waals surface area (Å²) >= 11 is 3.34. The zero-order chi connectivity index (χ0) is 16.0. The van der Waals surface area contributed by atoms with Gasteiger partial charge in [0.1, 0.15) is 0 Å². The molecule has 1 atom stereocenters. The molecule has 1 rings (SSSR count). The van der Waals surface area contributed by atoms with Gasteiger partial charge in [0.05, 0.1) is 12.6 Å². The summed E-state index contributed by atoms with van der Waals surface area (Å²) in [5.41, 5.74) is 0.425. The maximum Gasteiger partial charge on any atom is 0.238 e. The zero-order valence-corrected chi connectivity index (χ0v) is 14.4. The third kappa shape index (κ3) is 7.24. The summed E-state index contributed by atoms with van der Waals surface area (Å²) in [7, 11) is 0. The molecule has 0 saturated heterocycles. The van der Waals surface area contributed by atoms with Gasteiger partial charge in [0.15, 0.2) is 0 Å². The summed E-state index contributed by atoms with van der Waals surface area (Å²) in [4.78, 5) is 23.7. The third-order valence-electron chi connectivity index (χ3n) is 2.57. The number of nitrogens with one attached hydrogen (secondary N) is 3. The van der Waals surface area contributed by atoms with Crippen molar-refractivity contribution in [1.29, 1.82) is 0 Å². The fourth-order valence-corrected chi connectivity index (χ4v) is 1.99. The van der Waals surface area contributed by atoms with Gasteiger partial charge >= 0.3 is 0 Å². The van der Waals surface area contributed by atoms with E-state index in [1.165, 1.54) is 0 Å². The molecule has 1 aromatic carbocycles. The molecule has 0 aliphatic rings. The maximum absolute atomic E-state index is 11.9. The van der Waals surface area contributed by atoms with Gasteiger partial charge in [-0.05, 0) is 45.9 Å². The minimum Gasteiger partial charge on any atom is -0.350 e. The van der Waals surface area contributed by atoms with Crippen molar-refractivity contribution in [3.05, 3.63) is 28.7 Å². The molecule has 3 N–H and O–H groups in total. The van der Waals surface area contributed by atoms with Crippen LogP contribution in [-0.2, 0) is 9.59 Å². The highest BCUT2D eigenvalue weighted by atomic mass is 79.9. The van der Waals surface area contributed by atoms with E-state index in [0.29, 0.717) is 5.69 Å². The smallest absolute Gasteiger partial charge is 0.238 e. The van der Waals surface area contributed by atoms with Crippen molar-refractivity contribution in [2.75, 3.05) is 11.9 Å². The Bertz CT molecular complexity index is 512. The molecule has 0 aliphatic carbocycles. The standard InChI is InChI=1S/C15H22BrN3O2/c1-10(14(21)19-15(2,3)4)17-9-13(20)18-12-7-5-6-11(16)8-12/h5-8,10,17H,9H2,1-4H3,(H,18,20)(H,19,21). The van der Waals surface area contributed by atoms with Gasteiger partial charge in [-0.3, -0.25) is 14.9 Å². The quantitative estimate of drug-likeness (QED) is 0.758. The van der Waals surface area contributed by atoms with Crippen molar-refractivity contribution < 1.29 is 9.59 Å². The number of hydrogen-bond donors (Lipinski definition) is 3. The van der Waals surface area contributed by atoms with Gasteiger partial charge in [-0.15, -0.1) is 0 Å². The molecule has 0 saturated carbocycles. The van der Waals surface area contributed by atoms with Crippen LogP contribution in [0, 0.1) is 0 Å². The second-order valence-electron chi connectivity index (χ2n) is 5.90. The Morgan fingerprint density at radius 2 is 1.95 bits per heavy atom. The van der Waals surface area contributed by atoms with E-state index in [-0.39, 0.29) is 23.9 Å². The van der Waals surface area contributed by atoms with Crippen molar-refractivity contribution in [2.24, 2.45) is 0 Å². The van der Waals surface area contributed by atoms with Crippen LogP contribution in [0.2, 0.25) is 0 Å². The first-order chi connectivity index (χ1) is 9.67. The number of benzene rings is 1. The first-order valence-corrected chi connectivity index (χ1v) is 7.57. The number of carbonyl (C=O) groups excluding carboxylic acids is 2. The number of carbonyl (C=O) groups is 2. The highest BCUT2D eigenvalue weighted by Gasteiger charge is 2.19. The summed E-state index contributed by atoms with van der Waals surface area (Å²) < 4.78 is 0.895. The topological polar surface area (TPSA) is 70.2 Å². The fraction of sp³-hybridized carbons (Fsp3) is 0.467. The SMILES string of the molecule is CC(NCC(=O)Nc1cccc(Br)c1)C(=O)NC(C)(C)C. The molecular formula is C15H22BrN3O2. The summed E-state index contributed by atoms with van der Waals surface area (Å²) in [6.07, 6.45) is 0. The van der Waals surface area contributed by atoms with E-state index in [9.17, 15) is 9.59 Å². The first kappa shape index (κ1) is 17.7. The Hall–Kier alpha value is -1.40. The second-order valence-corrected chi connectivity index (χ2v) is 6.82. The molecule has 1 unspecified atom stereocenters. The van der Waals surface area contributed by atoms with Crippen molar-refractivity contribution in [3.63, 3.8) is 0 Å². The molecule has 6 heteroatoms. The van der Waals surface area contributed by atoms with Crippen LogP contribution in [0.4, 0.5) is 5.69 Å². The van der Waals surface area contributed by atoms with Crippen LogP contribution in [0.5, 0.6) is 0 Å². The molecule has 0 spiro atoms. The molecule has 0 heterocycles. The van der Waals surface area contributed by atoms with Crippen LogP contribution in [0.3, 0.4) is 0 Å². The number of anilines is 1. The van der Waals surface area contributed by atoms with Crippen molar-refractivity contribution in [1.82, 2.24) is 10.6 Å². The van der Waals surface area contributed by atoms with Crippen LogP contribution in [0.1, 0.15) is 27.7 Å². The minimum atomic E-state index is -0.433. The van der Waals surface area contributed by atoms with Gasteiger partial charge in [-0.2, -0.15) is 0 Å². The van der Waals surface area contributed by atoms with Crippen LogP contribution in [-0.4, -0.2) is 29.9 Å². The van der Waals surface area contributed by atoms with Crippen molar-refractivity contribution in [2.45, 2.75) is 39.3 Å². The van der Waals surface area contributed by atoms with Crippen LogP contribution in [0.15, 0.2) is 28.7 Å². The lowest BCUT2D eigenvalue weighted by molar-refractivity contribution is -0.124. The lowest BCUT2D eigenvalue weighted by atomic mass is 10.1. The molecule has 21 heavy (non-hydrogen) atoms. The fourth-order valence-electron chi connectivity index (χ4n) is 1.59. The first-order valence-electron chi connectivity index (χ1n) is 6.78. The van der Waals surface area contributed by atoms with Crippen molar-refractivity contribution in [3.8, 4) is 0 Å². The summed E-state index contributed by atoms with van der Waals surface area (Å²) in [6, 6.07) is 6.91. The number of amides is 2. The summed E-state index contributed by atoms with van der Waals surface area (Å²) in [6.45, 7) is 7.55. The third-order valence-corrected chi connectivity index (χ3v) is 3.06. The Kier molecular flexibility index (Phi) is 6.36. The van der Waals surface area contributed by atoms with Gasteiger partial charge in [0.2, 0.25) is 11.8 Å². The number of halogens is 1. The minimum absolute atomic E-state index is 0.0746. The molecule has 2 amide bonds. The van der Waals surface area contributed by atoms with Crippen molar-refractivity contribution >= 4 is 33.4 Å². The largest absolute Gasteiger partial charge is 0.350 e. The predicted octanol–water partition coefficient (Wildman–Crippen LogP) is 2.28. The Morgan fingerprint density at radius 3 is 2.52 bits per heavy atom. The van der Waals surface area contributed by atoms with E-state index < -0.39 is 6.04 Å². The zero-order valence-electron chi connectivity index (χ0n) is 12.8. The molecule has 116 valence electrons. The van der Waals surface area contributed by atoms with Gasteiger partial charge in [0, 0.05) is 15.7 Å². The average molecular weight is 356 g/mol. The summed E-state index contributed by atoms with van der Waals surface area (Å²) in [5, 5.41) is 8.53. The predicted molar refractivity (Wildman–Crippen MR) is 88.1 cm³/mol. The molecule has 0 aliphatic heterocycles. The molecule has 1 aromatic rings. The average Bonchev–Trinajstić information content (AvgIpc) is 2.33. The normalized spacial score (nSPS) is 12.6. The van der Waals surface area contributed by atoms with Gasteiger partial charge in [-0.1, -0.05) is 22.0 Å². The molecular weight excluding hydrogens is 334 g/mol. The molecule has 5 nitrogen and oxygen atoms in total.